The van der Waals surface area contributed by atoms with Crippen LogP contribution < -0.4 is 5.32 Å². The summed E-state index contributed by atoms with van der Waals surface area (Å²) in [5, 5.41) is 16.1. The summed E-state index contributed by atoms with van der Waals surface area (Å²) in [7, 11) is 0. The van der Waals surface area contributed by atoms with E-state index in [1.807, 2.05) is 16.9 Å². The lowest BCUT2D eigenvalue weighted by atomic mass is 10.2. The second kappa shape index (κ2) is 6.57. The zero-order valence-electron chi connectivity index (χ0n) is 12.6. The molecule has 1 N–H and O–H groups in total. The van der Waals surface area contributed by atoms with Gasteiger partial charge in [-0.15, -0.1) is 5.10 Å². The Hall–Kier alpha value is -2.09. The summed E-state index contributed by atoms with van der Waals surface area (Å²) < 4.78 is 7.93. The van der Waals surface area contributed by atoms with Crippen LogP contribution in [0.2, 0.25) is 0 Å². The second-order valence-electron chi connectivity index (χ2n) is 5.50. The Morgan fingerprint density at radius 2 is 2.39 bits per heavy atom. The van der Waals surface area contributed by atoms with Crippen molar-refractivity contribution in [1.29, 1.82) is 0 Å². The van der Waals surface area contributed by atoms with Gasteiger partial charge in [0.2, 0.25) is 0 Å². The van der Waals surface area contributed by atoms with Gasteiger partial charge in [0.1, 0.15) is 5.69 Å². The lowest BCUT2D eigenvalue weighted by Crippen LogP contribution is -2.36. The number of hydrogen-bond acceptors (Lipinski definition) is 6. The molecule has 1 aliphatic heterocycles. The topological polar surface area (TPSA) is 64.9 Å². The molecule has 0 aromatic carbocycles. The molecule has 0 bridgehead atoms. The third kappa shape index (κ3) is 3.17. The van der Waals surface area contributed by atoms with Crippen molar-refractivity contribution in [3.63, 3.8) is 0 Å². The average Bonchev–Trinajstić information content (AvgIpc) is 3.24. The van der Waals surface area contributed by atoms with Gasteiger partial charge in [-0.25, -0.2) is 4.68 Å². The van der Waals surface area contributed by atoms with Crippen LogP contribution in [0.5, 0.6) is 0 Å². The fraction of sp³-hybridized carbons (Fsp3) is 0.312. The van der Waals surface area contributed by atoms with Gasteiger partial charge in [-0.1, -0.05) is 11.3 Å². The van der Waals surface area contributed by atoms with E-state index in [-0.39, 0.29) is 6.10 Å². The highest BCUT2D eigenvalue weighted by atomic mass is 32.1. The SMILES string of the molecule is c1cncc(CNCC2Cn3nnc(-c4ccsc4)c3CO2)c1. The zero-order valence-corrected chi connectivity index (χ0v) is 13.4. The van der Waals surface area contributed by atoms with E-state index in [4.69, 9.17) is 4.74 Å². The van der Waals surface area contributed by atoms with Crippen molar-refractivity contribution in [2.24, 2.45) is 0 Å². The maximum atomic E-state index is 5.96. The fourth-order valence-corrected chi connectivity index (χ4v) is 3.33. The van der Waals surface area contributed by atoms with Crippen molar-refractivity contribution in [3.05, 3.63) is 52.6 Å². The van der Waals surface area contributed by atoms with Crippen molar-refractivity contribution >= 4 is 11.3 Å². The van der Waals surface area contributed by atoms with Gasteiger partial charge in [0.05, 0.1) is 24.9 Å². The molecule has 1 atom stereocenters. The molecule has 1 unspecified atom stereocenters. The van der Waals surface area contributed by atoms with Crippen LogP contribution in [0.1, 0.15) is 11.3 Å². The Bertz CT molecular complexity index is 756. The molecule has 0 fully saturated rings. The fourth-order valence-electron chi connectivity index (χ4n) is 2.69. The van der Waals surface area contributed by atoms with E-state index in [0.29, 0.717) is 6.61 Å². The minimum absolute atomic E-state index is 0.108. The van der Waals surface area contributed by atoms with Crippen LogP contribution >= 0.6 is 11.3 Å². The van der Waals surface area contributed by atoms with Crippen LogP contribution in [0.3, 0.4) is 0 Å². The van der Waals surface area contributed by atoms with E-state index in [1.165, 1.54) is 5.56 Å². The smallest absolute Gasteiger partial charge is 0.119 e. The molecule has 0 saturated carbocycles. The molecule has 0 aliphatic carbocycles. The third-order valence-electron chi connectivity index (χ3n) is 3.89. The quantitative estimate of drug-likeness (QED) is 0.777. The molecule has 1 aliphatic rings. The van der Waals surface area contributed by atoms with Crippen molar-refractivity contribution in [1.82, 2.24) is 25.3 Å². The summed E-state index contributed by atoms with van der Waals surface area (Å²) in [5.74, 6) is 0. The molecule has 0 saturated heterocycles. The molecule has 118 valence electrons. The number of aromatic nitrogens is 4. The van der Waals surface area contributed by atoms with Crippen molar-refractivity contribution in [3.8, 4) is 11.3 Å². The number of pyridine rings is 1. The number of fused-ring (bicyclic) bond motifs is 1. The molecule has 4 rings (SSSR count). The molecule has 4 heterocycles. The number of nitrogens with zero attached hydrogens (tertiary/aromatic N) is 4. The van der Waals surface area contributed by atoms with E-state index < -0.39 is 0 Å². The number of ether oxygens (including phenoxy) is 1. The van der Waals surface area contributed by atoms with Gasteiger partial charge in [-0.2, -0.15) is 11.3 Å². The molecule has 3 aromatic heterocycles. The van der Waals surface area contributed by atoms with Crippen molar-refractivity contribution in [2.75, 3.05) is 6.54 Å². The Balaban J connectivity index is 1.36. The molecule has 3 aromatic rings. The standard InChI is InChI=1S/C16H17N5OS/c1-2-12(6-17-4-1)7-18-8-14-9-21-15(10-22-14)16(19-20-21)13-3-5-23-11-13/h1-6,11,14,18H,7-10H2. The van der Waals surface area contributed by atoms with Crippen LogP contribution in [-0.4, -0.2) is 32.6 Å². The predicted molar refractivity (Wildman–Crippen MR) is 87.9 cm³/mol. The summed E-state index contributed by atoms with van der Waals surface area (Å²) in [4.78, 5) is 4.11. The van der Waals surface area contributed by atoms with Gasteiger partial charge in [0.25, 0.3) is 0 Å². The molecule has 0 amide bonds. The lowest BCUT2D eigenvalue weighted by Gasteiger charge is -2.24. The molecule has 0 spiro atoms. The first-order valence-electron chi connectivity index (χ1n) is 7.56. The highest BCUT2D eigenvalue weighted by Crippen LogP contribution is 2.26. The van der Waals surface area contributed by atoms with E-state index in [2.05, 4.69) is 43.5 Å². The Kier molecular flexibility index (Phi) is 4.14. The van der Waals surface area contributed by atoms with Crippen LogP contribution in [0, 0.1) is 0 Å². The summed E-state index contributed by atoms with van der Waals surface area (Å²) >= 11 is 1.67. The first kappa shape index (κ1) is 14.5. The normalized spacial score (nSPS) is 17.1. The minimum Gasteiger partial charge on any atom is -0.369 e. The summed E-state index contributed by atoms with van der Waals surface area (Å²) in [5.41, 5.74) is 4.29. The number of nitrogens with one attached hydrogen (secondary N) is 1. The maximum Gasteiger partial charge on any atom is 0.119 e. The Morgan fingerprint density at radius 3 is 3.22 bits per heavy atom. The van der Waals surface area contributed by atoms with Crippen LogP contribution in [-0.2, 0) is 24.4 Å². The van der Waals surface area contributed by atoms with Gasteiger partial charge in [-0.3, -0.25) is 4.98 Å². The van der Waals surface area contributed by atoms with Crippen LogP contribution in [0.25, 0.3) is 11.3 Å². The van der Waals surface area contributed by atoms with Crippen molar-refractivity contribution < 1.29 is 4.74 Å². The number of hydrogen-bond donors (Lipinski definition) is 1. The zero-order chi connectivity index (χ0) is 15.5. The largest absolute Gasteiger partial charge is 0.369 e. The minimum atomic E-state index is 0.108. The van der Waals surface area contributed by atoms with Gasteiger partial charge in [0, 0.05) is 36.4 Å². The maximum absolute atomic E-state index is 5.96. The lowest BCUT2D eigenvalue weighted by molar-refractivity contribution is 0.00125. The van der Waals surface area contributed by atoms with E-state index >= 15 is 0 Å². The predicted octanol–water partition coefficient (Wildman–Crippen LogP) is 2.09. The molecular formula is C16H17N5OS. The van der Waals surface area contributed by atoms with Gasteiger partial charge in [-0.05, 0) is 23.1 Å². The summed E-state index contributed by atoms with van der Waals surface area (Å²) in [6, 6.07) is 6.07. The van der Waals surface area contributed by atoms with Crippen LogP contribution in [0.15, 0.2) is 41.4 Å². The summed E-state index contributed by atoms with van der Waals surface area (Å²) in [6.45, 7) is 2.85. The van der Waals surface area contributed by atoms with E-state index in [0.717, 1.165) is 36.6 Å². The van der Waals surface area contributed by atoms with E-state index in [9.17, 15) is 0 Å². The highest BCUT2D eigenvalue weighted by Gasteiger charge is 2.24. The molecule has 0 radical (unpaired) electrons. The van der Waals surface area contributed by atoms with Gasteiger partial charge >= 0.3 is 0 Å². The third-order valence-corrected chi connectivity index (χ3v) is 4.57. The molecular weight excluding hydrogens is 310 g/mol. The number of thiophene rings is 1. The Morgan fingerprint density at radius 1 is 1.39 bits per heavy atom. The second-order valence-corrected chi connectivity index (χ2v) is 6.28. The Labute approximate surface area is 138 Å². The van der Waals surface area contributed by atoms with Gasteiger partial charge < -0.3 is 10.1 Å². The van der Waals surface area contributed by atoms with Crippen LogP contribution in [0.4, 0.5) is 0 Å². The molecule has 23 heavy (non-hydrogen) atoms. The van der Waals surface area contributed by atoms with Gasteiger partial charge in [0.15, 0.2) is 0 Å². The average molecular weight is 327 g/mol. The first-order valence-corrected chi connectivity index (χ1v) is 8.50. The molecule has 6 nitrogen and oxygen atoms in total. The monoisotopic (exact) mass is 327 g/mol. The highest BCUT2D eigenvalue weighted by molar-refractivity contribution is 7.08. The molecule has 7 heteroatoms. The van der Waals surface area contributed by atoms with E-state index in [1.54, 1.807) is 17.5 Å². The summed E-state index contributed by atoms with van der Waals surface area (Å²) in [6.07, 6.45) is 3.76. The number of rotatable bonds is 5. The van der Waals surface area contributed by atoms with Crippen molar-refractivity contribution in [2.45, 2.75) is 25.8 Å². The first-order chi connectivity index (χ1) is 11.4.